The van der Waals surface area contributed by atoms with Gasteiger partial charge in [0.15, 0.2) is 0 Å². The monoisotopic (exact) mass is 293 g/mol. The van der Waals surface area contributed by atoms with Gasteiger partial charge in [-0.15, -0.1) is 11.3 Å². The van der Waals surface area contributed by atoms with Crippen LogP contribution in [0.25, 0.3) is 0 Å². The van der Waals surface area contributed by atoms with Gasteiger partial charge in [-0.05, 0) is 43.2 Å². The molecule has 3 atom stereocenters. The highest BCUT2D eigenvalue weighted by Crippen LogP contribution is 2.38. The topological polar surface area (TPSA) is 49.6 Å². The molecule has 0 spiro atoms. The molecule has 2 heterocycles. The van der Waals surface area contributed by atoms with Crippen molar-refractivity contribution in [2.24, 2.45) is 17.6 Å². The van der Waals surface area contributed by atoms with E-state index in [2.05, 4.69) is 29.5 Å². The maximum Gasteiger partial charge on any atom is 0.314 e. The number of rotatable bonds is 3. The van der Waals surface area contributed by atoms with Crippen molar-refractivity contribution in [2.45, 2.75) is 31.8 Å². The third-order valence-corrected chi connectivity index (χ3v) is 5.78. The Kier molecular flexibility index (Phi) is 3.98. The van der Waals surface area contributed by atoms with Crippen LogP contribution in [0.1, 0.15) is 24.1 Å². The van der Waals surface area contributed by atoms with E-state index in [0.717, 1.165) is 19.6 Å². The Morgan fingerprint density at radius 3 is 3.05 bits per heavy atom. The fourth-order valence-electron chi connectivity index (χ4n) is 3.93. The number of amides is 2. The van der Waals surface area contributed by atoms with Gasteiger partial charge < -0.3 is 10.6 Å². The molecule has 0 radical (unpaired) electrons. The van der Waals surface area contributed by atoms with Gasteiger partial charge in [0.2, 0.25) is 0 Å². The zero-order valence-electron chi connectivity index (χ0n) is 12.0. The number of thiophene rings is 1. The number of nitrogens with two attached hydrogens (primary N) is 1. The van der Waals surface area contributed by atoms with Crippen LogP contribution >= 0.6 is 11.3 Å². The fourth-order valence-corrected chi connectivity index (χ4v) is 4.70. The van der Waals surface area contributed by atoms with Crippen molar-refractivity contribution in [3.8, 4) is 0 Å². The van der Waals surface area contributed by atoms with Crippen molar-refractivity contribution in [1.29, 1.82) is 0 Å². The molecule has 1 saturated carbocycles. The highest BCUT2D eigenvalue weighted by Gasteiger charge is 2.42. The van der Waals surface area contributed by atoms with Crippen molar-refractivity contribution in [3.63, 3.8) is 0 Å². The van der Waals surface area contributed by atoms with Gasteiger partial charge in [0.1, 0.15) is 0 Å². The van der Waals surface area contributed by atoms with E-state index in [9.17, 15) is 4.79 Å². The van der Waals surface area contributed by atoms with Crippen molar-refractivity contribution >= 4 is 17.4 Å². The molecule has 0 aromatic carbocycles. The van der Waals surface area contributed by atoms with Crippen molar-refractivity contribution in [1.82, 2.24) is 9.80 Å². The average Bonchev–Trinajstić information content (AvgIpc) is 3.05. The maximum absolute atomic E-state index is 11.4. The van der Waals surface area contributed by atoms with Gasteiger partial charge in [-0.2, -0.15) is 0 Å². The third-order valence-electron chi connectivity index (χ3n) is 4.92. The van der Waals surface area contributed by atoms with Crippen LogP contribution in [0.3, 0.4) is 0 Å². The van der Waals surface area contributed by atoms with Gasteiger partial charge in [0.05, 0.1) is 0 Å². The Morgan fingerprint density at radius 2 is 2.35 bits per heavy atom. The molecular formula is C15H23N3OS. The summed E-state index contributed by atoms with van der Waals surface area (Å²) < 4.78 is 0. The Labute approximate surface area is 124 Å². The Balaban J connectivity index is 1.68. The maximum atomic E-state index is 11.4. The zero-order valence-corrected chi connectivity index (χ0v) is 12.8. The number of urea groups is 1. The first kappa shape index (κ1) is 13.9. The summed E-state index contributed by atoms with van der Waals surface area (Å²) in [5.74, 6) is 1.24. The molecule has 1 unspecified atom stereocenters. The Hall–Kier alpha value is -1.07. The zero-order chi connectivity index (χ0) is 14.1. The number of hydrogen-bond donors (Lipinski definition) is 1. The lowest BCUT2D eigenvalue weighted by molar-refractivity contribution is 0.106. The second kappa shape index (κ2) is 5.74. The summed E-state index contributed by atoms with van der Waals surface area (Å²) >= 11 is 1.82. The molecule has 2 aliphatic rings. The van der Waals surface area contributed by atoms with E-state index in [4.69, 9.17) is 5.73 Å². The van der Waals surface area contributed by atoms with E-state index in [1.165, 1.54) is 24.1 Å². The number of fused-ring (bicyclic) bond motifs is 1. The molecule has 1 saturated heterocycles. The molecular weight excluding hydrogens is 270 g/mol. The SMILES string of the molecule is CN(Cc1cccs1)C1CCC[C@@H]2CN(C(N)=O)C[C@H]12. The first-order valence-corrected chi connectivity index (χ1v) is 8.30. The van der Waals surface area contributed by atoms with Crippen LogP contribution in [-0.2, 0) is 6.54 Å². The Morgan fingerprint density at radius 1 is 1.50 bits per heavy atom. The van der Waals surface area contributed by atoms with Gasteiger partial charge in [-0.25, -0.2) is 4.79 Å². The molecule has 2 fully saturated rings. The van der Waals surface area contributed by atoms with Crippen LogP contribution in [0.15, 0.2) is 17.5 Å². The standard InChI is InChI=1S/C15H23N3OS/c1-17(9-12-5-3-7-20-12)14-6-2-4-11-8-18(15(16)19)10-13(11)14/h3,5,7,11,13-14H,2,4,6,8-10H2,1H3,(H2,16,19)/t11-,13+,14?/m1/s1. The molecule has 110 valence electrons. The first-order chi connectivity index (χ1) is 9.65. The lowest BCUT2D eigenvalue weighted by atomic mass is 9.77. The van der Waals surface area contributed by atoms with Crippen molar-refractivity contribution in [3.05, 3.63) is 22.4 Å². The van der Waals surface area contributed by atoms with E-state index in [-0.39, 0.29) is 6.03 Å². The number of likely N-dealkylation sites (tertiary alicyclic amines) is 1. The summed E-state index contributed by atoms with van der Waals surface area (Å²) in [5.41, 5.74) is 5.46. The minimum absolute atomic E-state index is 0.251. The smallest absolute Gasteiger partial charge is 0.314 e. The van der Waals surface area contributed by atoms with Gasteiger partial charge >= 0.3 is 6.03 Å². The largest absolute Gasteiger partial charge is 0.351 e. The highest BCUT2D eigenvalue weighted by atomic mass is 32.1. The van der Waals surface area contributed by atoms with E-state index in [1.807, 2.05) is 16.2 Å². The second-order valence-electron chi connectivity index (χ2n) is 6.16. The quantitative estimate of drug-likeness (QED) is 0.930. The summed E-state index contributed by atoms with van der Waals surface area (Å²) in [6.45, 7) is 2.73. The van der Waals surface area contributed by atoms with Crippen LogP contribution in [0.5, 0.6) is 0 Å². The van der Waals surface area contributed by atoms with Gasteiger partial charge in [-0.1, -0.05) is 12.5 Å². The molecule has 20 heavy (non-hydrogen) atoms. The predicted molar refractivity (Wildman–Crippen MR) is 81.6 cm³/mol. The molecule has 1 aliphatic heterocycles. The van der Waals surface area contributed by atoms with Crippen molar-refractivity contribution in [2.75, 3.05) is 20.1 Å². The minimum Gasteiger partial charge on any atom is -0.351 e. The molecule has 1 aromatic heterocycles. The second-order valence-corrected chi connectivity index (χ2v) is 7.19. The lowest BCUT2D eigenvalue weighted by Crippen LogP contribution is -2.43. The van der Waals surface area contributed by atoms with Crippen LogP contribution in [0, 0.1) is 11.8 Å². The molecule has 2 N–H and O–H groups in total. The molecule has 5 heteroatoms. The molecule has 4 nitrogen and oxygen atoms in total. The number of carbonyl (C=O) groups excluding carboxylic acids is 1. The summed E-state index contributed by atoms with van der Waals surface area (Å²) in [5, 5.41) is 2.14. The highest BCUT2D eigenvalue weighted by molar-refractivity contribution is 7.09. The summed E-state index contributed by atoms with van der Waals surface area (Å²) in [6.07, 6.45) is 3.76. The van der Waals surface area contributed by atoms with E-state index in [0.29, 0.717) is 17.9 Å². The van der Waals surface area contributed by atoms with Gasteiger partial charge in [0, 0.05) is 30.6 Å². The normalized spacial score (nSPS) is 29.7. The van der Waals surface area contributed by atoms with Crippen molar-refractivity contribution < 1.29 is 4.79 Å². The number of carbonyl (C=O) groups is 1. The lowest BCUT2D eigenvalue weighted by Gasteiger charge is -2.38. The van der Waals surface area contributed by atoms with E-state index >= 15 is 0 Å². The summed E-state index contributed by atoms with van der Waals surface area (Å²) in [4.78, 5) is 17.1. The number of hydrogen-bond acceptors (Lipinski definition) is 3. The fraction of sp³-hybridized carbons (Fsp3) is 0.667. The molecule has 3 rings (SSSR count). The van der Waals surface area contributed by atoms with Crippen LogP contribution < -0.4 is 5.73 Å². The van der Waals surface area contributed by atoms with E-state index < -0.39 is 0 Å². The predicted octanol–water partition coefficient (Wildman–Crippen LogP) is 2.36. The summed E-state index contributed by atoms with van der Waals surface area (Å²) in [6, 6.07) is 4.65. The van der Waals surface area contributed by atoms with Gasteiger partial charge in [0.25, 0.3) is 0 Å². The van der Waals surface area contributed by atoms with E-state index in [1.54, 1.807) is 0 Å². The van der Waals surface area contributed by atoms with Crippen LogP contribution in [0.2, 0.25) is 0 Å². The first-order valence-electron chi connectivity index (χ1n) is 7.42. The average molecular weight is 293 g/mol. The molecule has 1 aromatic rings. The van der Waals surface area contributed by atoms with Gasteiger partial charge in [-0.3, -0.25) is 4.90 Å². The third kappa shape index (κ3) is 2.69. The Bertz CT molecular complexity index is 462. The number of primary amides is 1. The van der Waals surface area contributed by atoms with Crippen LogP contribution in [-0.4, -0.2) is 42.0 Å². The van der Waals surface area contributed by atoms with Crippen LogP contribution in [0.4, 0.5) is 4.79 Å². The molecule has 0 bridgehead atoms. The molecule has 2 amide bonds. The minimum atomic E-state index is -0.251. The number of nitrogens with zero attached hydrogens (tertiary/aromatic N) is 2. The summed E-state index contributed by atoms with van der Waals surface area (Å²) in [7, 11) is 2.22. The molecule has 1 aliphatic carbocycles.